The van der Waals surface area contributed by atoms with Gasteiger partial charge in [-0.1, -0.05) is 36.4 Å². The lowest BCUT2D eigenvalue weighted by molar-refractivity contribution is -0.144. The molecule has 1 atom stereocenters. The third-order valence-electron chi connectivity index (χ3n) is 2.79. The Labute approximate surface area is 124 Å². The van der Waals surface area contributed by atoms with Gasteiger partial charge in [0.2, 0.25) is 5.91 Å². The minimum atomic E-state index is -0.711. The first kappa shape index (κ1) is 16.6. The molecule has 0 spiro atoms. The number of ketones is 1. The molecule has 0 aliphatic carbocycles. The summed E-state index contributed by atoms with van der Waals surface area (Å²) < 4.78 is 4.49. The molecule has 0 radical (unpaired) electrons. The second-order valence-corrected chi connectivity index (χ2v) is 4.52. The molecule has 1 rings (SSSR count). The van der Waals surface area contributed by atoms with Gasteiger partial charge in [-0.3, -0.25) is 9.59 Å². The maximum atomic E-state index is 11.6. The number of ether oxygens (including phenoxy) is 1. The van der Waals surface area contributed by atoms with Crippen molar-refractivity contribution in [1.82, 2.24) is 5.32 Å². The van der Waals surface area contributed by atoms with Crippen LogP contribution in [0.1, 0.15) is 25.3 Å². The molecule has 5 heteroatoms. The number of carbonyl (C=O) groups is 3. The molecular weight excluding hydrogens is 270 g/mol. The average molecular weight is 289 g/mol. The van der Waals surface area contributed by atoms with E-state index in [1.807, 2.05) is 30.3 Å². The smallest absolute Gasteiger partial charge is 0.328 e. The lowest BCUT2D eigenvalue weighted by Gasteiger charge is -2.10. The van der Waals surface area contributed by atoms with Crippen molar-refractivity contribution in [3.8, 4) is 0 Å². The average Bonchev–Trinajstić information content (AvgIpc) is 2.51. The predicted octanol–water partition coefficient (Wildman–Crippen LogP) is 1.73. The van der Waals surface area contributed by atoms with E-state index in [9.17, 15) is 14.4 Å². The number of methoxy groups -OCH3 is 1. The zero-order chi connectivity index (χ0) is 15.7. The van der Waals surface area contributed by atoms with Crippen LogP contribution in [0.25, 0.3) is 6.08 Å². The highest BCUT2D eigenvalue weighted by Gasteiger charge is 2.15. The first-order valence-corrected chi connectivity index (χ1v) is 6.66. The van der Waals surface area contributed by atoms with Crippen molar-refractivity contribution in [1.29, 1.82) is 0 Å². The Morgan fingerprint density at radius 1 is 1.19 bits per heavy atom. The van der Waals surface area contributed by atoms with Gasteiger partial charge in [-0.2, -0.15) is 0 Å². The fourth-order valence-electron chi connectivity index (χ4n) is 1.62. The van der Waals surface area contributed by atoms with Crippen molar-refractivity contribution in [3.63, 3.8) is 0 Å². The summed E-state index contributed by atoms with van der Waals surface area (Å²) in [6.07, 6.45) is 3.30. The molecule has 1 aromatic rings. The van der Waals surface area contributed by atoms with Gasteiger partial charge in [0.05, 0.1) is 7.11 Å². The molecule has 0 saturated heterocycles. The molecule has 0 aliphatic rings. The molecule has 21 heavy (non-hydrogen) atoms. The number of carbonyl (C=O) groups excluding carboxylic acids is 3. The highest BCUT2D eigenvalue weighted by Crippen LogP contribution is 2.02. The standard InChI is InChI=1S/C16H19NO4/c1-12(16(20)21-2)17-15(19)11-10-14(18)9-8-13-6-4-3-5-7-13/h3-9,12H,10-11H2,1-2H3,(H,17,19)/b9-8+/t12-/m0/s1. The zero-order valence-electron chi connectivity index (χ0n) is 12.2. The normalized spacial score (nSPS) is 11.9. The summed E-state index contributed by atoms with van der Waals surface area (Å²) in [5.41, 5.74) is 0.926. The van der Waals surface area contributed by atoms with Gasteiger partial charge in [0.1, 0.15) is 6.04 Å². The van der Waals surface area contributed by atoms with Gasteiger partial charge >= 0.3 is 5.97 Å². The van der Waals surface area contributed by atoms with Crippen LogP contribution >= 0.6 is 0 Å². The third-order valence-corrected chi connectivity index (χ3v) is 2.79. The number of allylic oxidation sites excluding steroid dienone is 1. The van der Waals surface area contributed by atoms with Crippen molar-refractivity contribution >= 4 is 23.7 Å². The van der Waals surface area contributed by atoms with Gasteiger partial charge in [0.25, 0.3) is 0 Å². The number of nitrogens with one attached hydrogen (secondary N) is 1. The molecule has 5 nitrogen and oxygen atoms in total. The Morgan fingerprint density at radius 2 is 1.86 bits per heavy atom. The summed E-state index contributed by atoms with van der Waals surface area (Å²) >= 11 is 0. The van der Waals surface area contributed by atoms with Gasteiger partial charge in [-0.25, -0.2) is 4.79 Å². The summed E-state index contributed by atoms with van der Waals surface area (Å²) in [5.74, 6) is -1.01. The van der Waals surface area contributed by atoms with Crippen LogP contribution in [0.3, 0.4) is 0 Å². The predicted molar refractivity (Wildman–Crippen MR) is 79.3 cm³/mol. The lowest BCUT2D eigenvalue weighted by Crippen LogP contribution is -2.39. The van der Waals surface area contributed by atoms with E-state index in [2.05, 4.69) is 10.1 Å². The highest BCUT2D eigenvalue weighted by atomic mass is 16.5. The SMILES string of the molecule is COC(=O)[C@H](C)NC(=O)CCC(=O)/C=C/c1ccccc1. The van der Waals surface area contributed by atoms with E-state index in [-0.39, 0.29) is 24.5 Å². The number of esters is 1. The largest absolute Gasteiger partial charge is 0.467 e. The monoisotopic (exact) mass is 289 g/mol. The van der Waals surface area contributed by atoms with Crippen LogP contribution in [0.15, 0.2) is 36.4 Å². The third kappa shape index (κ3) is 6.51. The first-order valence-electron chi connectivity index (χ1n) is 6.66. The Morgan fingerprint density at radius 3 is 2.48 bits per heavy atom. The maximum absolute atomic E-state index is 11.6. The first-order chi connectivity index (χ1) is 10.0. The molecule has 1 amide bonds. The number of hydrogen-bond acceptors (Lipinski definition) is 4. The van der Waals surface area contributed by atoms with Gasteiger partial charge in [-0.15, -0.1) is 0 Å². The fraction of sp³-hybridized carbons (Fsp3) is 0.312. The Kier molecular flexibility index (Phi) is 6.87. The molecule has 0 saturated carbocycles. The van der Waals surface area contributed by atoms with Crippen molar-refractivity contribution in [2.75, 3.05) is 7.11 Å². The zero-order valence-corrected chi connectivity index (χ0v) is 12.2. The van der Waals surface area contributed by atoms with E-state index in [0.29, 0.717) is 0 Å². The number of benzene rings is 1. The second kappa shape index (κ2) is 8.68. The molecule has 0 aromatic heterocycles. The van der Waals surface area contributed by atoms with Crippen molar-refractivity contribution in [2.45, 2.75) is 25.8 Å². The molecule has 0 unspecified atom stereocenters. The Balaban J connectivity index is 2.34. The summed E-state index contributed by atoms with van der Waals surface area (Å²) in [5, 5.41) is 2.47. The minimum Gasteiger partial charge on any atom is -0.467 e. The van der Waals surface area contributed by atoms with Gasteiger partial charge in [0, 0.05) is 12.8 Å². The summed E-state index contributed by atoms with van der Waals surface area (Å²) in [4.78, 5) is 34.3. The molecular formula is C16H19NO4. The molecule has 0 heterocycles. The molecule has 112 valence electrons. The summed E-state index contributed by atoms with van der Waals surface area (Å²) in [6.45, 7) is 1.53. The van der Waals surface area contributed by atoms with Crippen molar-refractivity contribution < 1.29 is 19.1 Å². The van der Waals surface area contributed by atoms with E-state index in [1.54, 1.807) is 6.08 Å². The molecule has 1 N–H and O–H groups in total. The van der Waals surface area contributed by atoms with Crippen LogP contribution in [-0.4, -0.2) is 30.8 Å². The minimum absolute atomic E-state index is 0.0410. The second-order valence-electron chi connectivity index (χ2n) is 4.52. The van der Waals surface area contributed by atoms with Crippen LogP contribution in [0, 0.1) is 0 Å². The number of hydrogen-bond donors (Lipinski definition) is 1. The number of rotatable bonds is 7. The lowest BCUT2D eigenvalue weighted by atomic mass is 10.1. The van der Waals surface area contributed by atoms with Gasteiger partial charge in [0.15, 0.2) is 5.78 Å². The Hall–Kier alpha value is -2.43. The van der Waals surface area contributed by atoms with Crippen LogP contribution < -0.4 is 5.32 Å². The maximum Gasteiger partial charge on any atom is 0.328 e. The van der Waals surface area contributed by atoms with Gasteiger partial charge < -0.3 is 10.1 Å². The van der Waals surface area contributed by atoms with E-state index in [0.717, 1.165) is 5.56 Å². The molecule has 0 aliphatic heterocycles. The number of amides is 1. The molecule has 0 bridgehead atoms. The summed E-state index contributed by atoms with van der Waals surface area (Å²) in [7, 11) is 1.25. The van der Waals surface area contributed by atoms with Crippen LogP contribution in [-0.2, 0) is 19.1 Å². The van der Waals surface area contributed by atoms with Crippen LogP contribution in [0.4, 0.5) is 0 Å². The fourth-order valence-corrected chi connectivity index (χ4v) is 1.62. The highest BCUT2D eigenvalue weighted by molar-refractivity contribution is 5.96. The quantitative estimate of drug-likeness (QED) is 0.613. The van der Waals surface area contributed by atoms with Crippen molar-refractivity contribution in [3.05, 3.63) is 42.0 Å². The molecule has 1 aromatic carbocycles. The topological polar surface area (TPSA) is 72.5 Å². The van der Waals surface area contributed by atoms with E-state index in [4.69, 9.17) is 0 Å². The summed E-state index contributed by atoms with van der Waals surface area (Å²) in [6, 6.07) is 8.71. The molecule has 0 fully saturated rings. The Bertz CT molecular complexity index is 522. The van der Waals surface area contributed by atoms with E-state index in [1.165, 1.54) is 20.1 Å². The van der Waals surface area contributed by atoms with Crippen LogP contribution in [0.5, 0.6) is 0 Å². The van der Waals surface area contributed by atoms with Crippen LogP contribution in [0.2, 0.25) is 0 Å². The van der Waals surface area contributed by atoms with Crippen molar-refractivity contribution in [2.24, 2.45) is 0 Å². The van der Waals surface area contributed by atoms with E-state index < -0.39 is 12.0 Å². The van der Waals surface area contributed by atoms with Gasteiger partial charge in [-0.05, 0) is 18.6 Å². The van der Waals surface area contributed by atoms with E-state index >= 15 is 0 Å².